The first-order valence-electron chi connectivity index (χ1n) is 5.84. The Morgan fingerprint density at radius 3 is 2.67 bits per heavy atom. The standard InChI is InChI=1S/C13H17FN2O.ClH/c1-13(6-7-15-9-13)12(17)16-8-10-2-4-11(14)5-3-10;/h2-5,15H,6-9H2,1H3,(H,16,17);1H. The van der Waals surface area contributed by atoms with Gasteiger partial charge >= 0.3 is 0 Å². The SMILES string of the molecule is CC1(C(=O)NCc2ccc(F)cc2)CCNC1.Cl. The fraction of sp³-hybridized carbons (Fsp3) is 0.462. The van der Waals surface area contributed by atoms with E-state index >= 15 is 0 Å². The second-order valence-corrected chi connectivity index (χ2v) is 4.80. The molecule has 2 N–H and O–H groups in total. The summed E-state index contributed by atoms with van der Waals surface area (Å²) in [6.45, 7) is 4.03. The Morgan fingerprint density at radius 1 is 1.44 bits per heavy atom. The zero-order valence-electron chi connectivity index (χ0n) is 10.3. The highest BCUT2D eigenvalue weighted by Gasteiger charge is 2.35. The van der Waals surface area contributed by atoms with Crippen LogP contribution in [0.3, 0.4) is 0 Å². The quantitative estimate of drug-likeness (QED) is 0.882. The largest absolute Gasteiger partial charge is 0.352 e. The normalized spacial score (nSPS) is 22.3. The van der Waals surface area contributed by atoms with Crippen LogP contribution in [0.1, 0.15) is 18.9 Å². The van der Waals surface area contributed by atoms with Crippen molar-refractivity contribution in [2.45, 2.75) is 19.9 Å². The molecule has 0 aliphatic carbocycles. The lowest BCUT2D eigenvalue weighted by Gasteiger charge is -2.21. The molecule has 0 aromatic heterocycles. The van der Waals surface area contributed by atoms with Gasteiger partial charge in [-0.05, 0) is 37.6 Å². The molecule has 1 amide bonds. The third kappa shape index (κ3) is 3.43. The average molecular weight is 273 g/mol. The van der Waals surface area contributed by atoms with Crippen molar-refractivity contribution in [2.75, 3.05) is 13.1 Å². The molecule has 3 nitrogen and oxygen atoms in total. The van der Waals surface area contributed by atoms with Crippen LogP contribution in [0.5, 0.6) is 0 Å². The average Bonchev–Trinajstić information content (AvgIpc) is 2.76. The summed E-state index contributed by atoms with van der Waals surface area (Å²) in [7, 11) is 0. The van der Waals surface area contributed by atoms with Gasteiger partial charge in [0.25, 0.3) is 0 Å². The van der Waals surface area contributed by atoms with Crippen LogP contribution in [-0.4, -0.2) is 19.0 Å². The van der Waals surface area contributed by atoms with E-state index in [1.54, 1.807) is 12.1 Å². The molecule has 1 heterocycles. The Morgan fingerprint density at radius 2 is 2.11 bits per heavy atom. The number of carbonyl (C=O) groups is 1. The molecule has 18 heavy (non-hydrogen) atoms. The van der Waals surface area contributed by atoms with Crippen molar-refractivity contribution in [1.29, 1.82) is 0 Å². The number of hydrogen-bond donors (Lipinski definition) is 2. The zero-order chi connectivity index (χ0) is 12.3. The molecule has 100 valence electrons. The van der Waals surface area contributed by atoms with Gasteiger partial charge < -0.3 is 10.6 Å². The molecule has 1 aromatic carbocycles. The maximum Gasteiger partial charge on any atom is 0.227 e. The minimum absolute atomic E-state index is 0. The van der Waals surface area contributed by atoms with Gasteiger partial charge in [0.15, 0.2) is 0 Å². The molecule has 2 rings (SSSR count). The van der Waals surface area contributed by atoms with E-state index in [0.717, 1.165) is 25.1 Å². The monoisotopic (exact) mass is 272 g/mol. The number of carbonyl (C=O) groups excluding carboxylic acids is 1. The summed E-state index contributed by atoms with van der Waals surface area (Å²) in [6, 6.07) is 6.18. The van der Waals surface area contributed by atoms with Gasteiger partial charge in [0.2, 0.25) is 5.91 Å². The molecule has 1 unspecified atom stereocenters. The Balaban J connectivity index is 0.00000162. The smallest absolute Gasteiger partial charge is 0.227 e. The van der Waals surface area contributed by atoms with Gasteiger partial charge in [-0.25, -0.2) is 4.39 Å². The first kappa shape index (κ1) is 14.9. The van der Waals surface area contributed by atoms with E-state index in [-0.39, 0.29) is 29.5 Å². The van der Waals surface area contributed by atoms with E-state index in [9.17, 15) is 9.18 Å². The number of amides is 1. The van der Waals surface area contributed by atoms with E-state index in [1.165, 1.54) is 12.1 Å². The fourth-order valence-electron chi connectivity index (χ4n) is 2.01. The maximum absolute atomic E-state index is 12.7. The van der Waals surface area contributed by atoms with Gasteiger partial charge in [0.05, 0.1) is 5.41 Å². The second-order valence-electron chi connectivity index (χ2n) is 4.80. The van der Waals surface area contributed by atoms with Crippen molar-refractivity contribution < 1.29 is 9.18 Å². The van der Waals surface area contributed by atoms with Crippen molar-refractivity contribution in [3.8, 4) is 0 Å². The van der Waals surface area contributed by atoms with Crippen molar-refractivity contribution in [3.05, 3.63) is 35.6 Å². The highest BCUT2D eigenvalue weighted by atomic mass is 35.5. The van der Waals surface area contributed by atoms with Gasteiger partial charge in [-0.2, -0.15) is 0 Å². The predicted octanol–water partition coefficient (Wildman–Crippen LogP) is 1.86. The molecule has 5 heteroatoms. The lowest BCUT2D eigenvalue weighted by atomic mass is 9.89. The fourth-order valence-corrected chi connectivity index (χ4v) is 2.01. The van der Waals surface area contributed by atoms with Crippen molar-refractivity contribution in [2.24, 2.45) is 5.41 Å². The molecule has 1 fully saturated rings. The van der Waals surface area contributed by atoms with Gasteiger partial charge in [-0.3, -0.25) is 4.79 Å². The van der Waals surface area contributed by atoms with Crippen LogP contribution in [0.4, 0.5) is 4.39 Å². The summed E-state index contributed by atoms with van der Waals surface area (Å²) in [5.41, 5.74) is 0.606. The molecular weight excluding hydrogens is 255 g/mol. The van der Waals surface area contributed by atoms with E-state index < -0.39 is 0 Å². The van der Waals surface area contributed by atoms with Crippen molar-refractivity contribution in [1.82, 2.24) is 10.6 Å². The lowest BCUT2D eigenvalue weighted by molar-refractivity contribution is -0.129. The Hall–Kier alpha value is -1.13. The van der Waals surface area contributed by atoms with Crippen LogP contribution >= 0.6 is 12.4 Å². The Kier molecular flexibility index (Phi) is 5.11. The number of rotatable bonds is 3. The molecule has 1 atom stereocenters. The van der Waals surface area contributed by atoms with Crippen molar-refractivity contribution >= 4 is 18.3 Å². The van der Waals surface area contributed by atoms with E-state index in [0.29, 0.717) is 6.54 Å². The first-order valence-corrected chi connectivity index (χ1v) is 5.84. The summed E-state index contributed by atoms with van der Waals surface area (Å²) >= 11 is 0. The summed E-state index contributed by atoms with van der Waals surface area (Å²) in [5, 5.41) is 6.09. The third-order valence-electron chi connectivity index (χ3n) is 3.28. The van der Waals surface area contributed by atoms with E-state index in [1.807, 2.05) is 6.92 Å². The van der Waals surface area contributed by atoms with E-state index in [4.69, 9.17) is 0 Å². The van der Waals surface area contributed by atoms with Crippen molar-refractivity contribution in [3.63, 3.8) is 0 Å². The minimum Gasteiger partial charge on any atom is -0.352 e. The molecular formula is C13H18ClFN2O. The molecule has 1 saturated heterocycles. The van der Waals surface area contributed by atoms with Gasteiger partial charge in [-0.1, -0.05) is 12.1 Å². The Bertz CT molecular complexity index is 402. The molecule has 0 spiro atoms. The van der Waals surface area contributed by atoms with Crippen LogP contribution in [0.2, 0.25) is 0 Å². The molecule has 1 aromatic rings. The van der Waals surface area contributed by atoms with Gasteiger partial charge in [-0.15, -0.1) is 12.4 Å². The lowest BCUT2D eigenvalue weighted by Crippen LogP contribution is -2.39. The highest BCUT2D eigenvalue weighted by Crippen LogP contribution is 2.24. The number of halogens is 2. The minimum atomic E-state index is -0.306. The predicted molar refractivity (Wildman–Crippen MR) is 71.1 cm³/mol. The first-order chi connectivity index (χ1) is 8.10. The summed E-state index contributed by atoms with van der Waals surface area (Å²) < 4.78 is 12.7. The summed E-state index contributed by atoms with van der Waals surface area (Å²) in [4.78, 5) is 12.0. The zero-order valence-corrected chi connectivity index (χ0v) is 11.1. The molecule has 0 bridgehead atoms. The number of nitrogens with one attached hydrogen (secondary N) is 2. The van der Waals surface area contributed by atoms with Crippen LogP contribution in [0.15, 0.2) is 24.3 Å². The van der Waals surface area contributed by atoms with Gasteiger partial charge in [0, 0.05) is 13.1 Å². The number of hydrogen-bond acceptors (Lipinski definition) is 2. The topological polar surface area (TPSA) is 41.1 Å². The van der Waals surface area contributed by atoms with Crippen LogP contribution < -0.4 is 10.6 Å². The van der Waals surface area contributed by atoms with Crippen LogP contribution in [-0.2, 0) is 11.3 Å². The second kappa shape index (κ2) is 6.16. The summed E-state index contributed by atoms with van der Waals surface area (Å²) in [6.07, 6.45) is 0.863. The van der Waals surface area contributed by atoms with E-state index in [2.05, 4.69) is 10.6 Å². The molecule has 0 radical (unpaired) electrons. The summed E-state index contributed by atoms with van der Waals surface area (Å²) in [5.74, 6) is -0.196. The molecule has 0 saturated carbocycles. The molecule has 1 aliphatic rings. The molecule has 1 aliphatic heterocycles. The van der Waals surface area contributed by atoms with Crippen LogP contribution in [0.25, 0.3) is 0 Å². The van der Waals surface area contributed by atoms with Gasteiger partial charge in [0.1, 0.15) is 5.82 Å². The van der Waals surface area contributed by atoms with Crippen LogP contribution in [0, 0.1) is 11.2 Å². The highest BCUT2D eigenvalue weighted by molar-refractivity contribution is 5.85. The maximum atomic E-state index is 12.7. The number of benzene rings is 1. The third-order valence-corrected chi connectivity index (χ3v) is 3.28. The Labute approximate surface area is 113 Å².